The minimum Gasteiger partial charge on any atom is -0.496 e. The molecule has 0 atom stereocenters. The molecule has 0 aliphatic rings. The van der Waals surface area contributed by atoms with Crippen molar-refractivity contribution in [1.82, 2.24) is 5.32 Å². The third-order valence-electron chi connectivity index (χ3n) is 2.22. The number of amides is 1. The second-order valence-electron chi connectivity index (χ2n) is 3.18. The van der Waals surface area contributed by atoms with Gasteiger partial charge in [0.25, 0.3) is 0 Å². The molecule has 0 aliphatic carbocycles. The van der Waals surface area contributed by atoms with E-state index in [1.165, 1.54) is 21.3 Å². The molecule has 2 N–H and O–H groups in total. The van der Waals surface area contributed by atoms with Crippen molar-refractivity contribution in [3.8, 4) is 17.2 Å². The molecule has 1 rings (SSSR count). The first-order valence-electron chi connectivity index (χ1n) is 4.88. The van der Waals surface area contributed by atoms with E-state index in [1.54, 1.807) is 12.1 Å². The highest BCUT2D eigenvalue weighted by Crippen LogP contribution is 2.34. The Hall–Kier alpha value is -2.11. The second kappa shape index (κ2) is 5.83. The van der Waals surface area contributed by atoms with Crippen LogP contribution in [0.3, 0.4) is 0 Å². The quantitative estimate of drug-likeness (QED) is 0.816. The number of hydrogen-bond donors (Lipinski definition) is 2. The van der Waals surface area contributed by atoms with Gasteiger partial charge in [-0.3, -0.25) is 0 Å². The maximum Gasteiger partial charge on any atom is 0.404 e. The highest BCUT2D eigenvalue weighted by Gasteiger charge is 2.12. The van der Waals surface area contributed by atoms with Crippen LogP contribution in [-0.4, -0.2) is 32.5 Å². The van der Waals surface area contributed by atoms with Gasteiger partial charge in [-0.1, -0.05) is 0 Å². The van der Waals surface area contributed by atoms with Crippen molar-refractivity contribution in [1.29, 1.82) is 0 Å². The molecular formula is C11H15NO5. The Morgan fingerprint density at radius 3 is 2.12 bits per heavy atom. The zero-order chi connectivity index (χ0) is 12.8. The van der Waals surface area contributed by atoms with E-state index >= 15 is 0 Å². The fraction of sp³-hybridized carbons (Fsp3) is 0.364. The summed E-state index contributed by atoms with van der Waals surface area (Å²) in [7, 11) is 4.54. The summed E-state index contributed by atoms with van der Waals surface area (Å²) in [5.41, 5.74) is 0.674. The van der Waals surface area contributed by atoms with Crippen molar-refractivity contribution in [2.45, 2.75) is 6.54 Å². The van der Waals surface area contributed by atoms with Crippen molar-refractivity contribution in [2.24, 2.45) is 0 Å². The van der Waals surface area contributed by atoms with Crippen LogP contribution < -0.4 is 19.5 Å². The van der Waals surface area contributed by atoms with Crippen molar-refractivity contribution in [3.05, 3.63) is 17.7 Å². The van der Waals surface area contributed by atoms with Crippen molar-refractivity contribution < 1.29 is 24.1 Å². The smallest absolute Gasteiger partial charge is 0.404 e. The van der Waals surface area contributed by atoms with Crippen LogP contribution in [-0.2, 0) is 6.54 Å². The predicted molar refractivity (Wildman–Crippen MR) is 61.0 cm³/mol. The number of hydrogen-bond acceptors (Lipinski definition) is 4. The molecule has 0 radical (unpaired) electrons. The molecule has 0 unspecified atom stereocenters. The molecule has 0 aliphatic heterocycles. The number of nitrogens with one attached hydrogen (secondary N) is 1. The van der Waals surface area contributed by atoms with Crippen LogP contribution >= 0.6 is 0 Å². The van der Waals surface area contributed by atoms with Crippen LogP contribution in [0.15, 0.2) is 12.1 Å². The Bertz CT molecular complexity index is 405. The maximum atomic E-state index is 10.4. The van der Waals surface area contributed by atoms with E-state index in [2.05, 4.69) is 5.32 Å². The van der Waals surface area contributed by atoms with Gasteiger partial charge in [0.15, 0.2) is 11.5 Å². The summed E-state index contributed by atoms with van der Waals surface area (Å²) in [5.74, 6) is 1.59. The Balaban J connectivity index is 3.05. The average molecular weight is 241 g/mol. The SMILES string of the molecule is COc1cc(OC)c(OC)cc1CNC(=O)O. The largest absolute Gasteiger partial charge is 0.496 e. The lowest BCUT2D eigenvalue weighted by atomic mass is 10.1. The Morgan fingerprint density at radius 2 is 1.65 bits per heavy atom. The van der Waals surface area contributed by atoms with Crippen molar-refractivity contribution in [2.75, 3.05) is 21.3 Å². The van der Waals surface area contributed by atoms with Crippen LogP contribution in [0.2, 0.25) is 0 Å². The van der Waals surface area contributed by atoms with E-state index in [0.717, 1.165) is 0 Å². The Labute approximate surface area is 99.1 Å². The molecule has 17 heavy (non-hydrogen) atoms. The van der Waals surface area contributed by atoms with Gasteiger partial charge in [-0.05, 0) is 6.07 Å². The third kappa shape index (κ3) is 3.17. The summed E-state index contributed by atoms with van der Waals surface area (Å²) in [6, 6.07) is 3.32. The van der Waals surface area contributed by atoms with Gasteiger partial charge in [0.1, 0.15) is 5.75 Å². The van der Waals surface area contributed by atoms with E-state index in [4.69, 9.17) is 19.3 Å². The standard InChI is InChI=1S/C11H15NO5/c1-15-8-5-10(17-3)9(16-2)4-7(8)6-12-11(13)14/h4-5,12H,6H2,1-3H3,(H,13,14). The first-order valence-corrected chi connectivity index (χ1v) is 4.88. The predicted octanol–water partition coefficient (Wildman–Crippen LogP) is 1.48. The topological polar surface area (TPSA) is 77.0 Å². The van der Waals surface area contributed by atoms with Gasteiger partial charge in [-0.2, -0.15) is 0 Å². The van der Waals surface area contributed by atoms with E-state index < -0.39 is 6.09 Å². The van der Waals surface area contributed by atoms with Gasteiger partial charge >= 0.3 is 6.09 Å². The molecule has 0 fully saturated rings. The van der Waals surface area contributed by atoms with E-state index in [1.807, 2.05) is 0 Å². The fourth-order valence-electron chi connectivity index (χ4n) is 1.40. The molecule has 1 aromatic rings. The number of benzene rings is 1. The number of carbonyl (C=O) groups is 1. The van der Waals surface area contributed by atoms with E-state index in [0.29, 0.717) is 22.8 Å². The summed E-state index contributed by atoms with van der Waals surface area (Å²) >= 11 is 0. The molecule has 1 amide bonds. The lowest BCUT2D eigenvalue weighted by Crippen LogP contribution is -2.20. The molecule has 0 heterocycles. The average Bonchev–Trinajstić information content (AvgIpc) is 2.34. The molecule has 0 bridgehead atoms. The van der Waals surface area contributed by atoms with E-state index in [9.17, 15) is 4.79 Å². The van der Waals surface area contributed by atoms with Crippen LogP contribution in [0.5, 0.6) is 17.2 Å². The summed E-state index contributed by atoms with van der Waals surface area (Å²) in [5, 5.41) is 10.8. The molecule has 0 saturated heterocycles. The molecule has 94 valence electrons. The van der Waals surface area contributed by atoms with Crippen molar-refractivity contribution >= 4 is 6.09 Å². The van der Waals surface area contributed by atoms with Crippen LogP contribution in [0.25, 0.3) is 0 Å². The zero-order valence-electron chi connectivity index (χ0n) is 9.94. The molecule has 0 aromatic heterocycles. The number of methoxy groups -OCH3 is 3. The zero-order valence-corrected chi connectivity index (χ0v) is 9.94. The highest BCUT2D eigenvalue weighted by atomic mass is 16.5. The highest BCUT2D eigenvalue weighted by molar-refractivity contribution is 5.64. The third-order valence-corrected chi connectivity index (χ3v) is 2.22. The molecule has 0 spiro atoms. The van der Waals surface area contributed by atoms with Gasteiger partial charge < -0.3 is 24.6 Å². The van der Waals surface area contributed by atoms with Gasteiger partial charge in [0.05, 0.1) is 21.3 Å². The monoisotopic (exact) mass is 241 g/mol. The maximum absolute atomic E-state index is 10.4. The van der Waals surface area contributed by atoms with Gasteiger partial charge in [0.2, 0.25) is 0 Å². The number of rotatable bonds is 5. The minimum absolute atomic E-state index is 0.138. The normalized spacial score (nSPS) is 9.59. The number of carboxylic acid groups (broad SMARTS) is 1. The minimum atomic E-state index is -1.10. The first-order chi connectivity index (χ1) is 8.12. The van der Waals surface area contributed by atoms with Gasteiger partial charge in [-0.15, -0.1) is 0 Å². The first kappa shape index (κ1) is 13.0. The molecule has 6 heteroatoms. The lowest BCUT2D eigenvalue weighted by Gasteiger charge is -2.13. The fourth-order valence-corrected chi connectivity index (χ4v) is 1.40. The molecule has 6 nitrogen and oxygen atoms in total. The summed E-state index contributed by atoms with van der Waals surface area (Å²) < 4.78 is 15.4. The molecular weight excluding hydrogens is 226 g/mol. The van der Waals surface area contributed by atoms with Crippen molar-refractivity contribution in [3.63, 3.8) is 0 Å². The summed E-state index contributed by atoms with van der Waals surface area (Å²) in [6.45, 7) is 0.138. The van der Waals surface area contributed by atoms with Gasteiger partial charge in [-0.25, -0.2) is 4.79 Å². The molecule has 1 aromatic carbocycles. The summed E-state index contributed by atoms with van der Waals surface area (Å²) in [4.78, 5) is 10.4. The second-order valence-corrected chi connectivity index (χ2v) is 3.18. The molecule has 0 saturated carbocycles. The van der Waals surface area contributed by atoms with Crippen LogP contribution in [0.4, 0.5) is 4.79 Å². The van der Waals surface area contributed by atoms with Gasteiger partial charge in [0, 0.05) is 18.2 Å². The Kier molecular flexibility index (Phi) is 4.45. The number of ether oxygens (including phenoxy) is 3. The van der Waals surface area contributed by atoms with Crippen LogP contribution in [0, 0.1) is 0 Å². The summed E-state index contributed by atoms with van der Waals surface area (Å²) in [6.07, 6.45) is -1.10. The van der Waals surface area contributed by atoms with Crippen LogP contribution in [0.1, 0.15) is 5.56 Å². The lowest BCUT2D eigenvalue weighted by molar-refractivity contribution is 0.194. The van der Waals surface area contributed by atoms with E-state index in [-0.39, 0.29) is 6.54 Å². The Morgan fingerprint density at radius 1 is 1.12 bits per heavy atom.